The minimum atomic E-state index is -0.268. The summed E-state index contributed by atoms with van der Waals surface area (Å²) in [7, 11) is 1.57. The molecular weight excluding hydrogens is 369 g/mol. The summed E-state index contributed by atoms with van der Waals surface area (Å²) in [5.41, 5.74) is 3.49. The Morgan fingerprint density at radius 2 is 2.03 bits per heavy atom. The van der Waals surface area contributed by atoms with Crippen molar-refractivity contribution in [3.63, 3.8) is 0 Å². The number of hydrogen-bond acceptors (Lipinski definition) is 6. The van der Waals surface area contributed by atoms with Gasteiger partial charge in [-0.1, -0.05) is 6.07 Å². The Balaban J connectivity index is 1.39. The minimum absolute atomic E-state index is 0.00272. The number of benzene rings is 1. The minimum Gasteiger partial charge on any atom is -0.496 e. The molecule has 3 heterocycles. The highest BCUT2D eigenvalue weighted by atomic mass is 19.1. The average molecular weight is 395 g/mol. The lowest BCUT2D eigenvalue weighted by molar-refractivity contribution is 0.409. The Hall–Kier alpha value is -2.67. The maximum Gasteiger partial charge on any atom is 0.223 e. The van der Waals surface area contributed by atoms with E-state index in [4.69, 9.17) is 14.7 Å². The fraction of sp³-hybridized carbons (Fsp3) is 0.455. The molecule has 152 valence electrons. The van der Waals surface area contributed by atoms with Gasteiger partial charge in [0.1, 0.15) is 11.6 Å². The number of halogens is 1. The Morgan fingerprint density at radius 1 is 1.17 bits per heavy atom. The molecule has 7 heteroatoms. The Bertz CT molecular complexity index is 937. The van der Waals surface area contributed by atoms with Gasteiger partial charge in [0.2, 0.25) is 5.95 Å². The van der Waals surface area contributed by atoms with Crippen LogP contribution in [0.1, 0.15) is 54.6 Å². The summed E-state index contributed by atoms with van der Waals surface area (Å²) < 4.78 is 19.9. The Kier molecular flexibility index (Phi) is 4.83. The molecular formula is C22H26FN5O. The number of anilines is 1. The fourth-order valence-corrected chi connectivity index (χ4v) is 4.17. The van der Waals surface area contributed by atoms with Gasteiger partial charge in [0, 0.05) is 36.8 Å². The smallest absolute Gasteiger partial charge is 0.223 e. The zero-order valence-electron chi connectivity index (χ0n) is 16.5. The number of ether oxygens (including phenoxy) is 1. The van der Waals surface area contributed by atoms with Crippen LogP contribution in [-0.2, 0) is 0 Å². The molecule has 5 rings (SSSR count). The molecule has 29 heavy (non-hydrogen) atoms. The number of nitrogens with zero attached hydrogens (tertiary/aromatic N) is 2. The average Bonchev–Trinajstić information content (AvgIpc) is 3.25. The first-order valence-corrected chi connectivity index (χ1v) is 10.4. The number of hydrogen-bond donors (Lipinski definition) is 3. The molecule has 1 aromatic carbocycles. The van der Waals surface area contributed by atoms with Crippen molar-refractivity contribution >= 4 is 11.5 Å². The van der Waals surface area contributed by atoms with E-state index in [-0.39, 0.29) is 11.9 Å². The van der Waals surface area contributed by atoms with Crippen molar-refractivity contribution in [2.75, 3.05) is 25.5 Å². The van der Waals surface area contributed by atoms with Gasteiger partial charge in [0.15, 0.2) is 0 Å². The van der Waals surface area contributed by atoms with Crippen LogP contribution in [0, 0.1) is 5.82 Å². The van der Waals surface area contributed by atoms with E-state index in [1.165, 1.54) is 18.9 Å². The van der Waals surface area contributed by atoms with Crippen molar-refractivity contribution in [3.05, 3.63) is 53.2 Å². The Labute approximate surface area is 170 Å². The molecule has 0 radical (unpaired) electrons. The summed E-state index contributed by atoms with van der Waals surface area (Å²) in [6.07, 6.45) is 6.00. The molecule has 0 spiro atoms. The normalized spacial score (nSPS) is 23.6. The summed E-state index contributed by atoms with van der Waals surface area (Å²) in [6, 6.07) is 7.41. The molecule has 1 aliphatic carbocycles. The summed E-state index contributed by atoms with van der Waals surface area (Å²) in [4.78, 5) is 9.59. The predicted molar refractivity (Wildman–Crippen MR) is 110 cm³/mol. The van der Waals surface area contributed by atoms with Gasteiger partial charge >= 0.3 is 0 Å². The highest BCUT2D eigenvalue weighted by molar-refractivity contribution is 5.73. The lowest BCUT2D eigenvalue weighted by Gasteiger charge is -2.17. The maximum absolute atomic E-state index is 14.5. The van der Waals surface area contributed by atoms with Crippen LogP contribution >= 0.6 is 0 Å². The molecule has 0 amide bonds. The molecule has 1 aromatic heterocycles. The standard InChI is InChI=1S/C22H26FN5O/c1-29-20-4-2-3-16(23)21(20)14-9-18(25-11-14)19-10-17(13-5-6-13)27-22(28-19)26-15-7-8-24-12-15/h2-4,10-11,13,15,18,24-25H,5-9,12H2,1H3,(H,26,27,28)/t15-,18?/m0/s1. The zero-order chi connectivity index (χ0) is 19.8. The number of nitrogens with one attached hydrogen (secondary N) is 3. The van der Waals surface area contributed by atoms with Gasteiger partial charge in [-0.25, -0.2) is 14.4 Å². The molecule has 2 atom stereocenters. The third-order valence-corrected chi connectivity index (χ3v) is 5.91. The van der Waals surface area contributed by atoms with Crippen LogP contribution in [0.3, 0.4) is 0 Å². The molecule has 3 N–H and O–H groups in total. The van der Waals surface area contributed by atoms with E-state index < -0.39 is 0 Å². The first-order valence-electron chi connectivity index (χ1n) is 10.4. The second kappa shape index (κ2) is 7.63. The van der Waals surface area contributed by atoms with Crippen LogP contribution in [0.2, 0.25) is 0 Å². The summed E-state index contributed by atoms with van der Waals surface area (Å²) in [5, 5.41) is 10.2. The molecule has 1 saturated carbocycles. The van der Waals surface area contributed by atoms with Crippen molar-refractivity contribution < 1.29 is 9.13 Å². The van der Waals surface area contributed by atoms with Gasteiger partial charge < -0.3 is 20.7 Å². The van der Waals surface area contributed by atoms with Gasteiger partial charge in [-0.15, -0.1) is 0 Å². The van der Waals surface area contributed by atoms with Gasteiger partial charge in [0.05, 0.1) is 24.4 Å². The van der Waals surface area contributed by atoms with E-state index in [0.29, 0.717) is 35.6 Å². The van der Waals surface area contributed by atoms with Crippen molar-refractivity contribution in [1.82, 2.24) is 20.6 Å². The van der Waals surface area contributed by atoms with Gasteiger partial charge in [-0.3, -0.25) is 0 Å². The first-order chi connectivity index (χ1) is 14.2. The van der Waals surface area contributed by atoms with E-state index in [0.717, 1.165) is 36.5 Å². The van der Waals surface area contributed by atoms with Crippen LogP contribution in [0.5, 0.6) is 5.75 Å². The third-order valence-electron chi connectivity index (χ3n) is 5.91. The van der Waals surface area contributed by atoms with Crippen LogP contribution in [0.4, 0.5) is 10.3 Å². The SMILES string of the molecule is COc1cccc(F)c1C1=CNC(c2cc(C3CC3)nc(N[C@H]3CCNC3)n2)C1. The number of methoxy groups -OCH3 is 1. The van der Waals surface area contributed by atoms with Crippen molar-refractivity contribution in [1.29, 1.82) is 0 Å². The van der Waals surface area contributed by atoms with E-state index in [1.807, 2.05) is 6.20 Å². The van der Waals surface area contributed by atoms with Crippen LogP contribution in [-0.4, -0.2) is 36.2 Å². The summed E-state index contributed by atoms with van der Waals surface area (Å²) >= 11 is 0. The third kappa shape index (κ3) is 3.79. The predicted octanol–water partition coefficient (Wildman–Crippen LogP) is 3.35. The highest BCUT2D eigenvalue weighted by Gasteiger charge is 2.30. The Morgan fingerprint density at radius 3 is 2.79 bits per heavy atom. The second-order valence-electron chi connectivity index (χ2n) is 8.06. The second-order valence-corrected chi connectivity index (χ2v) is 8.06. The van der Waals surface area contributed by atoms with Crippen LogP contribution in [0.25, 0.3) is 5.57 Å². The summed E-state index contributed by atoms with van der Waals surface area (Å²) in [6.45, 7) is 1.96. The number of rotatable bonds is 6. The lowest BCUT2D eigenvalue weighted by atomic mass is 9.99. The lowest BCUT2D eigenvalue weighted by Crippen LogP contribution is -2.24. The first kappa shape index (κ1) is 18.4. The van der Waals surface area contributed by atoms with Crippen LogP contribution in [0.15, 0.2) is 30.5 Å². The molecule has 0 bridgehead atoms. The molecule has 1 unspecified atom stereocenters. The van der Waals surface area contributed by atoms with E-state index >= 15 is 0 Å². The molecule has 2 fully saturated rings. The maximum atomic E-state index is 14.5. The quantitative estimate of drug-likeness (QED) is 0.697. The van der Waals surface area contributed by atoms with E-state index in [1.54, 1.807) is 19.2 Å². The highest BCUT2D eigenvalue weighted by Crippen LogP contribution is 2.42. The van der Waals surface area contributed by atoms with Crippen LogP contribution < -0.4 is 20.7 Å². The van der Waals surface area contributed by atoms with Gasteiger partial charge in [0.25, 0.3) is 0 Å². The molecule has 6 nitrogen and oxygen atoms in total. The summed E-state index contributed by atoms with van der Waals surface area (Å²) in [5.74, 6) is 1.53. The van der Waals surface area contributed by atoms with E-state index in [9.17, 15) is 4.39 Å². The van der Waals surface area contributed by atoms with E-state index in [2.05, 4.69) is 22.0 Å². The molecule has 3 aliphatic rings. The van der Waals surface area contributed by atoms with Gasteiger partial charge in [-0.05, 0) is 49.6 Å². The van der Waals surface area contributed by atoms with Crippen molar-refractivity contribution in [2.45, 2.75) is 43.7 Å². The largest absolute Gasteiger partial charge is 0.496 e. The molecule has 2 aliphatic heterocycles. The topological polar surface area (TPSA) is 71.1 Å². The van der Waals surface area contributed by atoms with Crippen molar-refractivity contribution in [3.8, 4) is 5.75 Å². The van der Waals surface area contributed by atoms with Crippen molar-refractivity contribution in [2.24, 2.45) is 0 Å². The monoisotopic (exact) mass is 395 g/mol. The fourth-order valence-electron chi connectivity index (χ4n) is 4.17. The number of aromatic nitrogens is 2. The zero-order valence-corrected chi connectivity index (χ0v) is 16.5. The molecule has 1 saturated heterocycles. The van der Waals surface area contributed by atoms with Gasteiger partial charge in [-0.2, -0.15) is 0 Å². The molecule has 2 aromatic rings.